The fourth-order valence-corrected chi connectivity index (χ4v) is 5.40. The first-order valence-corrected chi connectivity index (χ1v) is 11.6. The van der Waals surface area contributed by atoms with Gasteiger partial charge in [0.2, 0.25) is 11.8 Å². The van der Waals surface area contributed by atoms with Crippen molar-refractivity contribution < 1.29 is 19.5 Å². The summed E-state index contributed by atoms with van der Waals surface area (Å²) in [4.78, 5) is 40.1. The van der Waals surface area contributed by atoms with Crippen LogP contribution in [-0.2, 0) is 9.59 Å². The van der Waals surface area contributed by atoms with Crippen molar-refractivity contribution in [2.45, 2.75) is 52.7 Å². The lowest BCUT2D eigenvalue weighted by molar-refractivity contribution is -0.144. The quantitative estimate of drug-likeness (QED) is 0.598. The Hall–Kier alpha value is -3.74. The van der Waals surface area contributed by atoms with Crippen LogP contribution >= 0.6 is 0 Å². The number of aromatic nitrogens is 2. The topological polar surface area (TPSA) is 148 Å². The molecule has 10 nitrogen and oxygen atoms in total. The van der Waals surface area contributed by atoms with Crippen molar-refractivity contribution in [3.63, 3.8) is 0 Å². The van der Waals surface area contributed by atoms with E-state index in [9.17, 15) is 24.8 Å². The molecule has 1 aromatic carbocycles. The van der Waals surface area contributed by atoms with Crippen LogP contribution in [0.3, 0.4) is 0 Å². The standard InChI is InChI=1S/C25H30N6O4/c1-24(2,3)20(29-23(34)35)22(33)31-12-15-17(25(15,4)5)19(31)21(32)28-16(10-26)18-14-9-7-6-8-13(14)11-27-30-18/h6-9,11,15-17,19-20,29H,12H2,1-5H3,(H,28,32)(H,34,35)/t15-,16?,17-,19-,20?/m0/s1. The molecule has 5 atom stereocenters. The fourth-order valence-electron chi connectivity index (χ4n) is 5.40. The van der Waals surface area contributed by atoms with Gasteiger partial charge in [-0.1, -0.05) is 58.9 Å². The Balaban J connectivity index is 1.63. The van der Waals surface area contributed by atoms with Gasteiger partial charge >= 0.3 is 6.09 Å². The maximum atomic E-state index is 13.6. The van der Waals surface area contributed by atoms with Crippen LogP contribution in [0.5, 0.6) is 0 Å². The van der Waals surface area contributed by atoms with E-state index in [0.717, 1.165) is 5.39 Å². The molecule has 3 N–H and O–H groups in total. The van der Waals surface area contributed by atoms with E-state index in [-0.39, 0.29) is 17.3 Å². The normalized spacial score (nSPS) is 24.1. The summed E-state index contributed by atoms with van der Waals surface area (Å²) in [5.74, 6) is -0.873. The highest BCUT2D eigenvalue weighted by atomic mass is 16.4. The summed E-state index contributed by atoms with van der Waals surface area (Å²) < 4.78 is 0. The molecule has 35 heavy (non-hydrogen) atoms. The molecule has 184 valence electrons. The summed E-state index contributed by atoms with van der Waals surface area (Å²) in [7, 11) is 0. The molecule has 0 spiro atoms. The molecule has 1 saturated heterocycles. The van der Waals surface area contributed by atoms with Gasteiger partial charge in [-0.2, -0.15) is 15.5 Å². The summed E-state index contributed by atoms with van der Waals surface area (Å²) in [6.07, 6.45) is 0.286. The van der Waals surface area contributed by atoms with Gasteiger partial charge in [0.05, 0.1) is 12.3 Å². The first kappa shape index (κ1) is 24.4. The predicted octanol–water partition coefficient (Wildman–Crippen LogP) is 2.48. The van der Waals surface area contributed by atoms with Gasteiger partial charge in [0.15, 0.2) is 6.04 Å². The molecular weight excluding hydrogens is 448 g/mol. The van der Waals surface area contributed by atoms with E-state index in [0.29, 0.717) is 17.6 Å². The molecule has 4 rings (SSSR count). The summed E-state index contributed by atoms with van der Waals surface area (Å²) in [5.41, 5.74) is -0.508. The highest BCUT2D eigenvalue weighted by Crippen LogP contribution is 2.65. The number of fused-ring (bicyclic) bond motifs is 2. The molecule has 2 aromatic rings. The van der Waals surface area contributed by atoms with E-state index in [4.69, 9.17) is 0 Å². The maximum Gasteiger partial charge on any atom is 0.405 e. The van der Waals surface area contributed by atoms with Gasteiger partial charge in [-0.05, 0) is 22.7 Å². The second-order valence-electron chi connectivity index (χ2n) is 11.0. The fraction of sp³-hybridized carbons (Fsp3) is 0.520. The molecule has 0 bridgehead atoms. The Morgan fingerprint density at radius 3 is 2.54 bits per heavy atom. The molecule has 2 fully saturated rings. The molecule has 3 amide bonds. The average molecular weight is 479 g/mol. The van der Waals surface area contributed by atoms with Crippen LogP contribution in [0.2, 0.25) is 0 Å². The highest BCUT2D eigenvalue weighted by Gasteiger charge is 2.69. The molecule has 2 heterocycles. The van der Waals surface area contributed by atoms with Crippen molar-refractivity contribution in [2.24, 2.45) is 22.7 Å². The molecule has 10 heteroatoms. The Labute approximate surface area is 203 Å². The Bertz CT molecular complexity index is 1230. The monoisotopic (exact) mass is 478 g/mol. The number of likely N-dealkylation sites (tertiary alicyclic amines) is 1. The lowest BCUT2D eigenvalue weighted by Gasteiger charge is -2.37. The van der Waals surface area contributed by atoms with Gasteiger partial charge in [0, 0.05) is 17.3 Å². The highest BCUT2D eigenvalue weighted by molar-refractivity contribution is 5.94. The van der Waals surface area contributed by atoms with Crippen molar-refractivity contribution in [1.82, 2.24) is 25.7 Å². The van der Waals surface area contributed by atoms with Crippen molar-refractivity contribution in [2.75, 3.05) is 6.54 Å². The van der Waals surface area contributed by atoms with E-state index in [2.05, 4.69) is 40.7 Å². The number of rotatable bonds is 5. The predicted molar refractivity (Wildman–Crippen MR) is 127 cm³/mol. The lowest BCUT2D eigenvalue weighted by Crippen LogP contribution is -2.59. The van der Waals surface area contributed by atoms with E-state index in [1.54, 1.807) is 27.0 Å². The van der Waals surface area contributed by atoms with Gasteiger partial charge in [0.1, 0.15) is 17.8 Å². The zero-order chi connectivity index (χ0) is 25.7. The number of hydrogen-bond acceptors (Lipinski definition) is 6. The molecule has 0 radical (unpaired) electrons. The van der Waals surface area contributed by atoms with Crippen LogP contribution in [-0.4, -0.2) is 56.7 Å². The van der Waals surface area contributed by atoms with Crippen LogP contribution in [0.25, 0.3) is 10.8 Å². The smallest absolute Gasteiger partial charge is 0.405 e. The van der Waals surface area contributed by atoms with Crippen LogP contribution < -0.4 is 10.6 Å². The van der Waals surface area contributed by atoms with Crippen LogP contribution in [0.4, 0.5) is 4.79 Å². The number of carboxylic acid groups (broad SMARTS) is 1. The number of carbonyl (C=O) groups excluding carboxylic acids is 2. The largest absolute Gasteiger partial charge is 0.465 e. The van der Waals surface area contributed by atoms with Crippen molar-refractivity contribution in [3.05, 3.63) is 36.2 Å². The Morgan fingerprint density at radius 1 is 1.23 bits per heavy atom. The number of nitrogens with one attached hydrogen (secondary N) is 2. The number of amides is 3. The number of carbonyl (C=O) groups is 3. The van der Waals surface area contributed by atoms with E-state index >= 15 is 0 Å². The van der Waals surface area contributed by atoms with Gasteiger partial charge in [-0.15, -0.1) is 0 Å². The van der Waals surface area contributed by atoms with Crippen LogP contribution in [0.15, 0.2) is 30.5 Å². The number of nitrogens with zero attached hydrogens (tertiary/aromatic N) is 4. The molecule has 2 unspecified atom stereocenters. The maximum absolute atomic E-state index is 13.6. The first-order valence-electron chi connectivity index (χ1n) is 11.6. The molecule has 2 aliphatic rings. The van der Waals surface area contributed by atoms with E-state index in [1.807, 2.05) is 24.3 Å². The van der Waals surface area contributed by atoms with Crippen LogP contribution in [0.1, 0.15) is 46.4 Å². The zero-order valence-electron chi connectivity index (χ0n) is 20.4. The second-order valence-corrected chi connectivity index (χ2v) is 11.0. The number of nitriles is 1. The first-order chi connectivity index (χ1) is 16.4. The minimum atomic E-state index is -1.30. The third kappa shape index (κ3) is 4.27. The lowest BCUT2D eigenvalue weighted by atomic mass is 9.85. The molecule has 1 aromatic heterocycles. The molecule has 1 saturated carbocycles. The SMILES string of the molecule is CC(C)(C)C(NC(=O)O)C(=O)N1C[C@H]2[C@@H]([C@H]1C(=O)NC(C#N)c1nncc3ccccc13)C2(C)C. The van der Waals surface area contributed by atoms with E-state index in [1.165, 1.54) is 4.90 Å². The van der Waals surface area contributed by atoms with Crippen molar-refractivity contribution >= 4 is 28.7 Å². The molecular formula is C25H30N6O4. The third-order valence-corrected chi connectivity index (χ3v) is 7.43. The van der Waals surface area contributed by atoms with Crippen LogP contribution in [0, 0.1) is 34.0 Å². The van der Waals surface area contributed by atoms with Gasteiger partial charge in [-0.3, -0.25) is 9.59 Å². The van der Waals surface area contributed by atoms with Gasteiger partial charge < -0.3 is 20.6 Å². The number of benzene rings is 1. The molecule has 1 aliphatic carbocycles. The average Bonchev–Trinajstić information content (AvgIpc) is 3.12. The number of piperidine rings is 1. The van der Waals surface area contributed by atoms with Gasteiger partial charge in [0.25, 0.3) is 0 Å². The number of hydrogen-bond donors (Lipinski definition) is 3. The van der Waals surface area contributed by atoms with Crippen molar-refractivity contribution in [1.29, 1.82) is 5.26 Å². The minimum absolute atomic E-state index is 0.0881. The van der Waals surface area contributed by atoms with Crippen molar-refractivity contribution in [3.8, 4) is 6.07 Å². The van der Waals surface area contributed by atoms with E-state index < -0.39 is 41.4 Å². The van der Waals surface area contributed by atoms with Gasteiger partial charge in [-0.25, -0.2) is 4.79 Å². The summed E-state index contributed by atoms with van der Waals surface area (Å²) >= 11 is 0. The zero-order valence-corrected chi connectivity index (χ0v) is 20.4. The molecule has 1 aliphatic heterocycles. The summed E-state index contributed by atoms with van der Waals surface area (Å²) in [5, 5.41) is 33.9. The summed E-state index contributed by atoms with van der Waals surface area (Å²) in [6.45, 7) is 9.77. The third-order valence-electron chi connectivity index (χ3n) is 7.43. The Kier molecular flexibility index (Phi) is 5.91. The second kappa shape index (κ2) is 8.48. The summed E-state index contributed by atoms with van der Waals surface area (Å²) in [6, 6.07) is 6.53. The minimum Gasteiger partial charge on any atom is -0.465 e. The Morgan fingerprint density at radius 2 is 1.91 bits per heavy atom.